The first-order valence-electron chi connectivity index (χ1n) is 5.73. The molecule has 1 unspecified atom stereocenters. The summed E-state index contributed by atoms with van der Waals surface area (Å²) in [4.78, 5) is 14.6. The molecule has 0 saturated heterocycles. The lowest BCUT2D eigenvalue weighted by Gasteiger charge is -2.19. The Bertz CT molecular complexity index is 499. The summed E-state index contributed by atoms with van der Waals surface area (Å²) in [6, 6.07) is 1.54. The minimum absolute atomic E-state index is 0.354. The number of carboxylic acids is 1. The molecular formula is C13H14FNO3. The topological polar surface area (TPSA) is 59.4 Å². The molecule has 4 nitrogen and oxygen atoms in total. The summed E-state index contributed by atoms with van der Waals surface area (Å²) < 4.78 is 18.6. The van der Waals surface area contributed by atoms with Crippen molar-refractivity contribution in [1.82, 2.24) is 4.98 Å². The summed E-state index contributed by atoms with van der Waals surface area (Å²) in [5, 5.41) is 8.90. The SMILES string of the molecule is COc1cc(C2=CCC(C(=O)O)CC2)c(F)cn1. The van der Waals surface area contributed by atoms with Crippen molar-refractivity contribution in [2.75, 3.05) is 7.11 Å². The molecule has 0 spiro atoms. The number of methoxy groups -OCH3 is 1. The average molecular weight is 251 g/mol. The third kappa shape index (κ3) is 2.50. The van der Waals surface area contributed by atoms with E-state index in [-0.39, 0.29) is 5.92 Å². The van der Waals surface area contributed by atoms with E-state index >= 15 is 0 Å². The number of carboxylic acid groups (broad SMARTS) is 1. The standard InChI is InChI=1S/C13H14FNO3/c1-18-12-6-10(11(14)7-15-12)8-2-4-9(5-3-8)13(16)17/h2,6-7,9H,3-5H2,1H3,(H,16,17). The van der Waals surface area contributed by atoms with Crippen LogP contribution in [0.2, 0.25) is 0 Å². The van der Waals surface area contributed by atoms with Gasteiger partial charge in [0.15, 0.2) is 0 Å². The van der Waals surface area contributed by atoms with Gasteiger partial charge in [-0.1, -0.05) is 6.08 Å². The van der Waals surface area contributed by atoms with Crippen molar-refractivity contribution < 1.29 is 19.0 Å². The lowest BCUT2D eigenvalue weighted by molar-refractivity contribution is -0.141. The van der Waals surface area contributed by atoms with Crippen molar-refractivity contribution in [3.63, 3.8) is 0 Å². The van der Waals surface area contributed by atoms with E-state index in [0.29, 0.717) is 30.7 Å². The predicted octanol–water partition coefficient (Wildman–Crippen LogP) is 2.50. The van der Waals surface area contributed by atoms with Gasteiger partial charge in [0, 0.05) is 11.6 Å². The quantitative estimate of drug-likeness (QED) is 0.896. The summed E-state index contributed by atoms with van der Waals surface area (Å²) in [5.41, 5.74) is 1.27. The van der Waals surface area contributed by atoms with Crippen LogP contribution < -0.4 is 4.74 Å². The molecule has 1 atom stereocenters. The zero-order chi connectivity index (χ0) is 13.1. The van der Waals surface area contributed by atoms with Crippen LogP contribution in [0.5, 0.6) is 5.88 Å². The molecule has 96 valence electrons. The lowest BCUT2D eigenvalue weighted by atomic mass is 9.87. The second kappa shape index (κ2) is 5.16. The van der Waals surface area contributed by atoms with Gasteiger partial charge in [-0.2, -0.15) is 0 Å². The number of pyridine rings is 1. The Morgan fingerprint density at radius 3 is 2.94 bits per heavy atom. The van der Waals surface area contributed by atoms with Crippen LogP contribution in [0.4, 0.5) is 4.39 Å². The number of aromatic nitrogens is 1. The van der Waals surface area contributed by atoms with Gasteiger partial charge in [0.1, 0.15) is 5.82 Å². The van der Waals surface area contributed by atoms with E-state index in [1.54, 1.807) is 12.1 Å². The van der Waals surface area contributed by atoms with Gasteiger partial charge in [0.25, 0.3) is 0 Å². The Morgan fingerprint density at radius 2 is 2.39 bits per heavy atom. The molecule has 2 rings (SSSR count). The zero-order valence-corrected chi connectivity index (χ0v) is 10.0. The molecule has 0 saturated carbocycles. The van der Waals surface area contributed by atoms with Gasteiger partial charge >= 0.3 is 5.97 Å². The van der Waals surface area contributed by atoms with Crippen molar-refractivity contribution >= 4 is 11.5 Å². The summed E-state index contributed by atoms with van der Waals surface area (Å²) in [6.45, 7) is 0. The van der Waals surface area contributed by atoms with Gasteiger partial charge in [-0.05, 0) is 24.8 Å². The monoisotopic (exact) mass is 251 g/mol. The maximum atomic E-state index is 13.7. The predicted molar refractivity (Wildman–Crippen MR) is 63.7 cm³/mol. The fourth-order valence-electron chi connectivity index (χ4n) is 2.08. The van der Waals surface area contributed by atoms with Crippen LogP contribution >= 0.6 is 0 Å². The maximum absolute atomic E-state index is 13.7. The van der Waals surface area contributed by atoms with Crippen molar-refractivity contribution in [2.24, 2.45) is 5.92 Å². The van der Waals surface area contributed by atoms with E-state index < -0.39 is 11.8 Å². The molecule has 1 aromatic rings. The molecular weight excluding hydrogens is 237 g/mol. The van der Waals surface area contributed by atoms with Gasteiger partial charge in [-0.25, -0.2) is 9.37 Å². The summed E-state index contributed by atoms with van der Waals surface area (Å²) in [6.07, 6.45) is 4.44. The number of nitrogens with zero attached hydrogens (tertiary/aromatic N) is 1. The third-order valence-electron chi connectivity index (χ3n) is 3.15. The second-order valence-electron chi connectivity index (χ2n) is 4.25. The molecule has 0 fully saturated rings. The van der Waals surface area contributed by atoms with E-state index in [1.165, 1.54) is 7.11 Å². The minimum atomic E-state index is -0.793. The fourth-order valence-corrected chi connectivity index (χ4v) is 2.08. The molecule has 0 amide bonds. The molecule has 1 aliphatic rings. The Morgan fingerprint density at radius 1 is 1.61 bits per heavy atom. The highest BCUT2D eigenvalue weighted by atomic mass is 19.1. The Hall–Kier alpha value is -1.91. The Kier molecular flexibility index (Phi) is 3.60. The van der Waals surface area contributed by atoms with Gasteiger partial charge in [-0.3, -0.25) is 4.79 Å². The van der Waals surface area contributed by atoms with Crippen LogP contribution in [0.3, 0.4) is 0 Å². The smallest absolute Gasteiger partial charge is 0.306 e. The molecule has 5 heteroatoms. The average Bonchev–Trinajstić information content (AvgIpc) is 2.39. The van der Waals surface area contributed by atoms with E-state index in [0.717, 1.165) is 11.8 Å². The first-order chi connectivity index (χ1) is 8.61. The number of rotatable bonds is 3. The first-order valence-corrected chi connectivity index (χ1v) is 5.73. The molecule has 1 heterocycles. The highest BCUT2D eigenvalue weighted by Crippen LogP contribution is 2.32. The number of hydrogen-bond donors (Lipinski definition) is 1. The number of aliphatic carboxylic acids is 1. The minimum Gasteiger partial charge on any atom is -0.481 e. The summed E-state index contributed by atoms with van der Waals surface area (Å²) in [5.74, 6) is -1.21. The normalized spacial score (nSPS) is 19.2. The summed E-state index contributed by atoms with van der Waals surface area (Å²) >= 11 is 0. The van der Waals surface area contributed by atoms with Crippen molar-refractivity contribution in [2.45, 2.75) is 19.3 Å². The van der Waals surface area contributed by atoms with Crippen LogP contribution in [0, 0.1) is 11.7 Å². The third-order valence-corrected chi connectivity index (χ3v) is 3.15. The van der Waals surface area contributed by atoms with Crippen LogP contribution in [-0.2, 0) is 4.79 Å². The fraction of sp³-hybridized carbons (Fsp3) is 0.385. The van der Waals surface area contributed by atoms with E-state index in [9.17, 15) is 9.18 Å². The van der Waals surface area contributed by atoms with E-state index in [4.69, 9.17) is 9.84 Å². The van der Waals surface area contributed by atoms with Crippen LogP contribution in [0.25, 0.3) is 5.57 Å². The van der Waals surface area contributed by atoms with Gasteiger partial charge in [-0.15, -0.1) is 0 Å². The van der Waals surface area contributed by atoms with Gasteiger partial charge < -0.3 is 9.84 Å². The first kappa shape index (κ1) is 12.5. The van der Waals surface area contributed by atoms with E-state index in [2.05, 4.69) is 4.98 Å². The van der Waals surface area contributed by atoms with Crippen molar-refractivity contribution in [1.29, 1.82) is 0 Å². The number of ether oxygens (including phenoxy) is 1. The highest BCUT2D eigenvalue weighted by Gasteiger charge is 2.22. The Balaban J connectivity index is 2.25. The second-order valence-corrected chi connectivity index (χ2v) is 4.25. The highest BCUT2D eigenvalue weighted by molar-refractivity contribution is 5.74. The molecule has 0 aliphatic heterocycles. The van der Waals surface area contributed by atoms with E-state index in [1.807, 2.05) is 0 Å². The van der Waals surface area contributed by atoms with Crippen molar-refractivity contribution in [3.05, 3.63) is 29.7 Å². The number of carbonyl (C=O) groups is 1. The van der Waals surface area contributed by atoms with Crippen LogP contribution in [-0.4, -0.2) is 23.2 Å². The lowest BCUT2D eigenvalue weighted by Crippen LogP contribution is -2.16. The van der Waals surface area contributed by atoms with Gasteiger partial charge in [0.05, 0.1) is 19.2 Å². The maximum Gasteiger partial charge on any atom is 0.306 e. The number of halogens is 1. The summed E-state index contributed by atoms with van der Waals surface area (Å²) in [7, 11) is 1.47. The molecule has 1 N–H and O–H groups in total. The van der Waals surface area contributed by atoms with Crippen molar-refractivity contribution in [3.8, 4) is 5.88 Å². The van der Waals surface area contributed by atoms with Gasteiger partial charge in [0.2, 0.25) is 5.88 Å². The van der Waals surface area contributed by atoms with Crippen LogP contribution in [0.1, 0.15) is 24.8 Å². The molecule has 0 bridgehead atoms. The molecule has 0 aromatic carbocycles. The number of hydrogen-bond acceptors (Lipinski definition) is 3. The largest absolute Gasteiger partial charge is 0.481 e. The molecule has 0 radical (unpaired) electrons. The molecule has 1 aliphatic carbocycles. The van der Waals surface area contributed by atoms with Crippen LogP contribution in [0.15, 0.2) is 18.3 Å². The zero-order valence-electron chi connectivity index (χ0n) is 10.0. The molecule has 18 heavy (non-hydrogen) atoms. The molecule has 1 aromatic heterocycles. The number of allylic oxidation sites excluding steroid dienone is 2. The Labute approximate surface area is 104 Å².